The molecule has 8 heteroatoms. The van der Waals surface area contributed by atoms with Gasteiger partial charge in [0.1, 0.15) is 22.6 Å². The third kappa shape index (κ3) is 6.17. The zero-order valence-electron chi connectivity index (χ0n) is 33.5. The second-order valence-corrected chi connectivity index (χ2v) is 15.1. The molecule has 0 aliphatic heterocycles. The van der Waals surface area contributed by atoms with E-state index in [1.54, 1.807) is 16.9 Å². The summed E-state index contributed by atoms with van der Waals surface area (Å²) in [5.74, 6) is 0. The summed E-state index contributed by atoms with van der Waals surface area (Å²) in [6, 6.07) is 62.2. The molecule has 3 heterocycles. The molecule has 0 aliphatic rings. The standard InChI is InChI=1S/C54H38N6O2/c1-3-47-48(4-2)57-60(56-47)42-16-10-15-41(34-42)59(50-22-12-20-46-44-18-6-8-24-52(44)62-54(46)50)39-31-27-36(28-32-39)35-25-29-38(30-26-35)58(40-14-9-13-37(55)33-40)49-21-11-19-45-43-17-5-7-23-51(43)61-53(45)49/h3-34H,1-2,55H2. The summed E-state index contributed by atoms with van der Waals surface area (Å²) in [6.07, 6.45) is 3.37. The van der Waals surface area contributed by atoms with Crippen molar-refractivity contribution in [1.82, 2.24) is 15.0 Å². The molecule has 0 aliphatic carbocycles. The fourth-order valence-electron chi connectivity index (χ4n) is 8.43. The Morgan fingerprint density at radius 2 is 0.903 bits per heavy atom. The van der Waals surface area contributed by atoms with Crippen LogP contribution < -0.4 is 15.5 Å². The van der Waals surface area contributed by atoms with Crippen LogP contribution in [0.25, 0.3) is 72.8 Å². The summed E-state index contributed by atoms with van der Waals surface area (Å²) in [7, 11) is 0. The van der Waals surface area contributed by atoms with Crippen LogP contribution in [0.4, 0.5) is 39.8 Å². The van der Waals surface area contributed by atoms with Crippen LogP contribution in [0, 0.1) is 0 Å². The highest BCUT2D eigenvalue weighted by atomic mass is 16.3. The Morgan fingerprint density at radius 3 is 1.40 bits per heavy atom. The first-order valence-electron chi connectivity index (χ1n) is 20.3. The molecule has 0 radical (unpaired) electrons. The molecule has 296 valence electrons. The van der Waals surface area contributed by atoms with Crippen LogP contribution in [0.5, 0.6) is 0 Å². The second kappa shape index (κ2) is 14.9. The van der Waals surface area contributed by atoms with E-state index in [-0.39, 0.29) is 0 Å². The molecule has 0 atom stereocenters. The van der Waals surface area contributed by atoms with Gasteiger partial charge >= 0.3 is 0 Å². The Bertz CT molecular complexity index is 3460. The Labute approximate surface area is 357 Å². The molecule has 11 rings (SSSR count). The third-order valence-electron chi connectivity index (χ3n) is 11.3. The number of anilines is 7. The minimum atomic E-state index is 0.666. The molecule has 0 unspecified atom stereocenters. The van der Waals surface area contributed by atoms with E-state index in [9.17, 15) is 0 Å². The number of nitrogens with two attached hydrogens (primary N) is 1. The zero-order valence-corrected chi connectivity index (χ0v) is 33.5. The lowest BCUT2D eigenvalue weighted by Gasteiger charge is -2.26. The van der Waals surface area contributed by atoms with Crippen molar-refractivity contribution in [2.45, 2.75) is 0 Å². The Balaban J connectivity index is 0.992. The van der Waals surface area contributed by atoms with Crippen LogP contribution in [-0.2, 0) is 0 Å². The lowest BCUT2D eigenvalue weighted by atomic mass is 10.0. The topological polar surface area (TPSA) is 89.5 Å². The number of furan rings is 2. The van der Waals surface area contributed by atoms with Gasteiger partial charge in [-0.3, -0.25) is 0 Å². The van der Waals surface area contributed by atoms with Crippen molar-refractivity contribution in [2.24, 2.45) is 0 Å². The van der Waals surface area contributed by atoms with Gasteiger partial charge in [-0.05, 0) is 108 Å². The fraction of sp³-hybridized carbons (Fsp3) is 0. The van der Waals surface area contributed by atoms with Crippen molar-refractivity contribution in [3.8, 4) is 16.8 Å². The molecule has 0 amide bonds. The summed E-state index contributed by atoms with van der Waals surface area (Å²) in [4.78, 5) is 6.04. The number of rotatable bonds is 10. The number of hydrogen-bond donors (Lipinski definition) is 1. The molecule has 0 saturated carbocycles. The first kappa shape index (κ1) is 36.5. The Morgan fingerprint density at radius 1 is 0.452 bits per heavy atom. The highest BCUT2D eigenvalue weighted by molar-refractivity contribution is 6.11. The fourth-order valence-corrected chi connectivity index (χ4v) is 8.43. The van der Waals surface area contributed by atoms with Gasteiger partial charge in [0, 0.05) is 50.0 Å². The lowest BCUT2D eigenvalue weighted by molar-refractivity contribution is 0.668. The molecule has 2 N–H and O–H groups in total. The van der Waals surface area contributed by atoms with E-state index in [0.717, 1.165) is 94.8 Å². The number of aromatic nitrogens is 3. The van der Waals surface area contributed by atoms with Gasteiger partial charge in [-0.1, -0.05) is 110 Å². The quantitative estimate of drug-likeness (QED) is 0.138. The highest BCUT2D eigenvalue weighted by Crippen LogP contribution is 2.45. The normalized spacial score (nSPS) is 11.4. The van der Waals surface area contributed by atoms with Gasteiger partial charge in [0.15, 0.2) is 11.2 Å². The van der Waals surface area contributed by atoms with Crippen LogP contribution in [-0.4, -0.2) is 15.0 Å². The third-order valence-corrected chi connectivity index (χ3v) is 11.3. The first-order chi connectivity index (χ1) is 30.5. The maximum Gasteiger partial charge on any atom is 0.159 e. The number of nitrogens with zero attached hydrogens (tertiary/aromatic N) is 5. The van der Waals surface area contributed by atoms with Gasteiger partial charge < -0.3 is 24.4 Å². The summed E-state index contributed by atoms with van der Waals surface area (Å²) in [6.45, 7) is 7.82. The molecule has 8 nitrogen and oxygen atoms in total. The van der Waals surface area contributed by atoms with E-state index in [1.807, 2.05) is 66.7 Å². The van der Waals surface area contributed by atoms with Gasteiger partial charge in [0.25, 0.3) is 0 Å². The van der Waals surface area contributed by atoms with E-state index in [1.165, 1.54) is 0 Å². The summed E-state index contributed by atoms with van der Waals surface area (Å²) in [5.41, 5.74) is 20.2. The minimum Gasteiger partial charge on any atom is -0.454 e. The largest absolute Gasteiger partial charge is 0.454 e. The van der Waals surface area contributed by atoms with Gasteiger partial charge in [-0.25, -0.2) is 0 Å². The van der Waals surface area contributed by atoms with Gasteiger partial charge in [0.05, 0.1) is 17.1 Å². The van der Waals surface area contributed by atoms with E-state index in [4.69, 9.17) is 14.6 Å². The van der Waals surface area contributed by atoms with Crippen LogP contribution in [0.15, 0.2) is 204 Å². The van der Waals surface area contributed by atoms with Crippen LogP contribution in [0.2, 0.25) is 0 Å². The molecule has 8 aromatic carbocycles. The van der Waals surface area contributed by atoms with Crippen molar-refractivity contribution in [3.05, 3.63) is 207 Å². The van der Waals surface area contributed by atoms with Crippen LogP contribution in [0.1, 0.15) is 11.4 Å². The summed E-state index contributed by atoms with van der Waals surface area (Å²) < 4.78 is 13.1. The van der Waals surface area contributed by atoms with E-state index < -0.39 is 0 Å². The zero-order chi connectivity index (χ0) is 41.7. The maximum atomic E-state index is 6.59. The molecule has 3 aromatic heterocycles. The van der Waals surface area contributed by atoms with E-state index >= 15 is 0 Å². The van der Waals surface area contributed by atoms with Crippen molar-refractivity contribution < 1.29 is 8.83 Å². The summed E-state index contributed by atoms with van der Waals surface area (Å²) in [5, 5.41) is 13.6. The van der Waals surface area contributed by atoms with Gasteiger partial charge in [-0.2, -0.15) is 4.80 Å². The van der Waals surface area contributed by atoms with Gasteiger partial charge in [-0.15, -0.1) is 10.2 Å². The van der Waals surface area contributed by atoms with Crippen molar-refractivity contribution in [3.63, 3.8) is 0 Å². The minimum absolute atomic E-state index is 0.666. The van der Waals surface area contributed by atoms with Crippen LogP contribution in [0.3, 0.4) is 0 Å². The van der Waals surface area contributed by atoms with Crippen LogP contribution >= 0.6 is 0 Å². The number of hydrogen-bond acceptors (Lipinski definition) is 7. The van der Waals surface area contributed by atoms with Crippen molar-refractivity contribution in [1.29, 1.82) is 0 Å². The molecule has 0 bridgehead atoms. The Hall–Kier alpha value is -8.62. The van der Waals surface area contributed by atoms with Crippen molar-refractivity contribution >= 4 is 95.8 Å². The predicted molar refractivity (Wildman–Crippen MR) is 255 cm³/mol. The lowest BCUT2D eigenvalue weighted by Crippen LogP contribution is -2.11. The SMILES string of the molecule is C=Cc1nn(-c2cccc(N(c3ccc(-c4ccc(N(c5cccc(N)c5)c5cccc6c5oc5ccccc56)cc4)cc3)c3cccc4c3oc3ccccc34)c2)nc1C=C. The number of benzene rings is 8. The maximum absolute atomic E-state index is 6.59. The smallest absolute Gasteiger partial charge is 0.159 e. The number of para-hydroxylation sites is 4. The average molecular weight is 803 g/mol. The van der Waals surface area contributed by atoms with E-state index in [2.05, 4.69) is 148 Å². The molecule has 0 spiro atoms. The van der Waals surface area contributed by atoms with Crippen molar-refractivity contribution in [2.75, 3.05) is 15.5 Å². The molecular formula is C54H38N6O2. The molecule has 11 aromatic rings. The second-order valence-electron chi connectivity index (χ2n) is 15.1. The summed E-state index contributed by atoms with van der Waals surface area (Å²) >= 11 is 0. The first-order valence-corrected chi connectivity index (χ1v) is 20.3. The predicted octanol–water partition coefficient (Wildman–Crippen LogP) is 14.5. The molecule has 0 saturated heterocycles. The molecular weight excluding hydrogens is 765 g/mol. The van der Waals surface area contributed by atoms with Gasteiger partial charge in [0.2, 0.25) is 0 Å². The van der Waals surface area contributed by atoms with E-state index in [0.29, 0.717) is 17.1 Å². The average Bonchev–Trinajstić information content (AvgIpc) is 4.04. The number of nitrogen functional groups attached to an aromatic ring is 1. The number of fused-ring (bicyclic) bond motifs is 6. The molecule has 62 heavy (non-hydrogen) atoms. The highest BCUT2D eigenvalue weighted by Gasteiger charge is 2.22. The Kier molecular flexibility index (Phi) is 8.75. The molecule has 0 fully saturated rings. The monoisotopic (exact) mass is 802 g/mol.